The van der Waals surface area contributed by atoms with E-state index in [4.69, 9.17) is 4.74 Å². The number of halogens is 1. The standard InChI is InChI=1S/C11H12BrNO3/c12-9-4-2-1-3-8(9)11(10(14)15)7-16-6-5-13-11/h1-4,13H,5-7H2,(H,14,15). The first-order valence-electron chi connectivity index (χ1n) is 4.98. The number of nitrogens with one attached hydrogen (secondary N) is 1. The molecule has 0 radical (unpaired) electrons. The normalized spacial score (nSPS) is 25.3. The van der Waals surface area contributed by atoms with Gasteiger partial charge in [0.1, 0.15) is 0 Å². The van der Waals surface area contributed by atoms with Gasteiger partial charge < -0.3 is 9.84 Å². The summed E-state index contributed by atoms with van der Waals surface area (Å²) in [5.74, 6) is -0.917. The molecule has 0 aliphatic carbocycles. The number of carboxylic acid groups (broad SMARTS) is 1. The van der Waals surface area contributed by atoms with Crippen LogP contribution in [0.25, 0.3) is 0 Å². The second-order valence-corrected chi connectivity index (χ2v) is 4.52. The topological polar surface area (TPSA) is 58.6 Å². The van der Waals surface area contributed by atoms with Crippen molar-refractivity contribution in [1.82, 2.24) is 5.32 Å². The van der Waals surface area contributed by atoms with Gasteiger partial charge in [-0.15, -0.1) is 0 Å². The van der Waals surface area contributed by atoms with Crippen LogP contribution in [0.2, 0.25) is 0 Å². The monoisotopic (exact) mass is 285 g/mol. The molecular weight excluding hydrogens is 274 g/mol. The largest absolute Gasteiger partial charge is 0.480 e. The summed E-state index contributed by atoms with van der Waals surface area (Å²) in [6.07, 6.45) is 0. The summed E-state index contributed by atoms with van der Waals surface area (Å²) in [5, 5.41) is 12.4. The van der Waals surface area contributed by atoms with E-state index in [1.54, 1.807) is 6.07 Å². The first kappa shape index (κ1) is 11.6. The molecule has 5 heteroatoms. The molecule has 0 bridgehead atoms. The van der Waals surface area contributed by atoms with E-state index in [-0.39, 0.29) is 6.61 Å². The third-order valence-corrected chi connectivity index (χ3v) is 3.38. The first-order valence-corrected chi connectivity index (χ1v) is 5.77. The average Bonchev–Trinajstić information content (AvgIpc) is 2.30. The van der Waals surface area contributed by atoms with Crippen molar-refractivity contribution >= 4 is 21.9 Å². The van der Waals surface area contributed by atoms with Crippen LogP contribution in [0, 0.1) is 0 Å². The molecule has 16 heavy (non-hydrogen) atoms. The minimum atomic E-state index is -1.14. The van der Waals surface area contributed by atoms with Crippen molar-refractivity contribution < 1.29 is 14.6 Å². The predicted octanol–water partition coefficient (Wildman–Crippen LogP) is 1.35. The minimum Gasteiger partial charge on any atom is -0.480 e. The molecule has 2 N–H and O–H groups in total. The summed E-state index contributed by atoms with van der Waals surface area (Å²) < 4.78 is 6.07. The number of aliphatic carboxylic acids is 1. The lowest BCUT2D eigenvalue weighted by Crippen LogP contribution is -2.57. The fraction of sp³-hybridized carbons (Fsp3) is 0.364. The Bertz CT molecular complexity index is 402. The molecule has 0 aromatic heterocycles. The van der Waals surface area contributed by atoms with Crippen molar-refractivity contribution in [3.63, 3.8) is 0 Å². The Morgan fingerprint density at radius 2 is 2.25 bits per heavy atom. The summed E-state index contributed by atoms with van der Waals surface area (Å²) in [6.45, 7) is 1.22. The molecule has 1 aromatic carbocycles. The van der Waals surface area contributed by atoms with Gasteiger partial charge in [-0.25, -0.2) is 4.79 Å². The van der Waals surface area contributed by atoms with Gasteiger partial charge in [-0.3, -0.25) is 5.32 Å². The smallest absolute Gasteiger partial charge is 0.331 e. The van der Waals surface area contributed by atoms with Crippen molar-refractivity contribution in [2.24, 2.45) is 0 Å². The summed E-state index contributed by atoms with van der Waals surface area (Å²) in [4.78, 5) is 11.5. The number of morpholine rings is 1. The molecule has 0 spiro atoms. The molecule has 0 saturated carbocycles. The van der Waals surface area contributed by atoms with E-state index in [9.17, 15) is 9.90 Å². The number of ether oxygens (including phenoxy) is 1. The van der Waals surface area contributed by atoms with Crippen LogP contribution in [0.1, 0.15) is 5.56 Å². The van der Waals surface area contributed by atoms with Crippen LogP contribution in [0.4, 0.5) is 0 Å². The van der Waals surface area contributed by atoms with Crippen molar-refractivity contribution in [3.8, 4) is 0 Å². The summed E-state index contributed by atoms with van der Waals surface area (Å²) in [7, 11) is 0. The van der Waals surface area contributed by atoms with Crippen molar-refractivity contribution in [2.45, 2.75) is 5.54 Å². The van der Waals surface area contributed by atoms with Crippen molar-refractivity contribution in [2.75, 3.05) is 19.8 Å². The lowest BCUT2D eigenvalue weighted by atomic mass is 9.90. The Morgan fingerprint density at radius 1 is 1.50 bits per heavy atom. The fourth-order valence-corrected chi connectivity index (χ4v) is 2.47. The molecule has 1 unspecified atom stereocenters. The molecule has 86 valence electrons. The van der Waals surface area contributed by atoms with Gasteiger partial charge >= 0.3 is 5.97 Å². The molecule has 2 rings (SSSR count). The second-order valence-electron chi connectivity index (χ2n) is 3.67. The zero-order valence-corrected chi connectivity index (χ0v) is 10.2. The van der Waals surface area contributed by atoms with Crippen LogP contribution >= 0.6 is 15.9 Å². The third kappa shape index (κ3) is 1.86. The number of carboxylic acids is 1. The van der Waals surface area contributed by atoms with Gasteiger partial charge in [-0.05, 0) is 11.6 Å². The Labute approximate surface area is 102 Å². The molecule has 4 nitrogen and oxygen atoms in total. The zero-order chi connectivity index (χ0) is 11.6. The van der Waals surface area contributed by atoms with E-state index in [0.29, 0.717) is 18.7 Å². The zero-order valence-electron chi connectivity index (χ0n) is 8.57. The second kappa shape index (κ2) is 4.53. The Balaban J connectivity index is 2.47. The Kier molecular flexibility index (Phi) is 3.28. The minimum absolute atomic E-state index is 0.144. The average molecular weight is 286 g/mol. The quantitative estimate of drug-likeness (QED) is 0.861. The highest BCUT2D eigenvalue weighted by Crippen LogP contribution is 2.30. The van der Waals surface area contributed by atoms with E-state index in [1.165, 1.54) is 0 Å². The van der Waals surface area contributed by atoms with Crippen LogP contribution in [0.15, 0.2) is 28.7 Å². The maximum atomic E-state index is 11.5. The van der Waals surface area contributed by atoms with Gasteiger partial charge in [0.05, 0.1) is 13.2 Å². The fourth-order valence-electron chi connectivity index (χ4n) is 1.85. The van der Waals surface area contributed by atoms with E-state index in [0.717, 1.165) is 4.47 Å². The Hall–Kier alpha value is -0.910. The van der Waals surface area contributed by atoms with Crippen LogP contribution < -0.4 is 5.32 Å². The van der Waals surface area contributed by atoms with E-state index >= 15 is 0 Å². The highest BCUT2D eigenvalue weighted by molar-refractivity contribution is 9.10. The van der Waals surface area contributed by atoms with Gasteiger partial charge in [-0.1, -0.05) is 34.1 Å². The molecular formula is C11H12BrNO3. The number of carbonyl (C=O) groups is 1. The lowest BCUT2D eigenvalue weighted by Gasteiger charge is -2.35. The molecule has 1 atom stereocenters. The molecule has 1 fully saturated rings. The predicted molar refractivity (Wildman–Crippen MR) is 62.3 cm³/mol. The summed E-state index contributed by atoms with van der Waals surface area (Å²) in [5.41, 5.74) is -0.444. The van der Waals surface area contributed by atoms with Gasteiger partial charge in [0.15, 0.2) is 5.54 Å². The van der Waals surface area contributed by atoms with Crippen molar-refractivity contribution in [3.05, 3.63) is 34.3 Å². The van der Waals surface area contributed by atoms with Gasteiger partial charge in [0.2, 0.25) is 0 Å². The molecule has 1 aliphatic heterocycles. The lowest BCUT2D eigenvalue weighted by molar-refractivity contribution is -0.151. The van der Waals surface area contributed by atoms with Crippen LogP contribution in [-0.4, -0.2) is 30.8 Å². The Morgan fingerprint density at radius 3 is 2.81 bits per heavy atom. The highest BCUT2D eigenvalue weighted by Gasteiger charge is 2.43. The molecule has 1 heterocycles. The maximum absolute atomic E-state index is 11.5. The van der Waals surface area contributed by atoms with E-state index in [2.05, 4.69) is 21.2 Å². The number of hydrogen-bond donors (Lipinski definition) is 2. The number of benzene rings is 1. The van der Waals surface area contributed by atoms with Gasteiger partial charge in [0, 0.05) is 11.0 Å². The maximum Gasteiger partial charge on any atom is 0.331 e. The van der Waals surface area contributed by atoms with Crippen LogP contribution in [-0.2, 0) is 15.1 Å². The molecule has 1 aromatic rings. The molecule has 1 aliphatic rings. The third-order valence-electron chi connectivity index (χ3n) is 2.69. The van der Waals surface area contributed by atoms with Gasteiger partial charge in [-0.2, -0.15) is 0 Å². The number of rotatable bonds is 2. The molecule has 0 amide bonds. The molecule has 1 saturated heterocycles. The van der Waals surface area contributed by atoms with Crippen LogP contribution in [0.5, 0.6) is 0 Å². The van der Waals surface area contributed by atoms with Crippen LogP contribution in [0.3, 0.4) is 0 Å². The van der Waals surface area contributed by atoms with E-state index < -0.39 is 11.5 Å². The van der Waals surface area contributed by atoms with Gasteiger partial charge in [0.25, 0.3) is 0 Å². The summed E-state index contributed by atoms with van der Waals surface area (Å²) in [6, 6.07) is 7.30. The number of hydrogen-bond acceptors (Lipinski definition) is 3. The summed E-state index contributed by atoms with van der Waals surface area (Å²) >= 11 is 3.38. The van der Waals surface area contributed by atoms with Crippen molar-refractivity contribution in [1.29, 1.82) is 0 Å². The highest BCUT2D eigenvalue weighted by atomic mass is 79.9. The first-order chi connectivity index (χ1) is 7.67. The SMILES string of the molecule is O=C(O)C1(c2ccccc2Br)COCCN1. The van der Waals surface area contributed by atoms with E-state index in [1.807, 2.05) is 18.2 Å².